The Morgan fingerprint density at radius 2 is 1.84 bits per heavy atom. The number of aliphatic carboxylic acids is 1. The predicted molar refractivity (Wildman–Crippen MR) is 69.9 cm³/mol. The lowest BCUT2D eigenvalue weighted by molar-refractivity contribution is -0.146. The molecule has 0 aliphatic rings. The van der Waals surface area contributed by atoms with Gasteiger partial charge in [-0.3, -0.25) is 0 Å². The predicted octanol–water partition coefficient (Wildman–Crippen LogP) is 0.184. The van der Waals surface area contributed by atoms with Crippen molar-refractivity contribution in [3.63, 3.8) is 0 Å². The lowest BCUT2D eigenvalue weighted by Crippen LogP contribution is -2.38. The van der Waals surface area contributed by atoms with Crippen molar-refractivity contribution in [3.8, 4) is 0 Å². The molecule has 4 N–H and O–H groups in total. The van der Waals surface area contributed by atoms with Gasteiger partial charge < -0.3 is 25.6 Å². The summed E-state index contributed by atoms with van der Waals surface area (Å²) >= 11 is 0. The smallest absolute Gasteiger partial charge is 0.332 e. The van der Waals surface area contributed by atoms with Crippen LogP contribution in [-0.2, 0) is 9.53 Å². The van der Waals surface area contributed by atoms with Gasteiger partial charge in [-0.1, -0.05) is 13.8 Å². The number of hydrogen-bond acceptors (Lipinski definition) is 4. The Balaban J connectivity index is 3.38. The van der Waals surface area contributed by atoms with Crippen molar-refractivity contribution >= 4 is 12.0 Å². The highest BCUT2D eigenvalue weighted by Gasteiger charge is 2.12. The van der Waals surface area contributed by atoms with Gasteiger partial charge in [-0.2, -0.15) is 0 Å². The summed E-state index contributed by atoms with van der Waals surface area (Å²) in [6.07, 6.45) is -0.734. The first-order valence-corrected chi connectivity index (χ1v) is 6.43. The fraction of sp³-hybridized carbons (Fsp3) is 0.833. The third-order valence-electron chi connectivity index (χ3n) is 2.19. The molecule has 0 fully saturated rings. The zero-order valence-corrected chi connectivity index (χ0v) is 11.5. The molecule has 19 heavy (non-hydrogen) atoms. The number of amides is 2. The zero-order chi connectivity index (χ0) is 14.7. The number of aliphatic hydroxyl groups is 1. The molecule has 0 aromatic carbocycles. The number of nitrogens with one attached hydrogen (secondary N) is 2. The fourth-order valence-corrected chi connectivity index (χ4v) is 1.20. The van der Waals surface area contributed by atoms with Crippen molar-refractivity contribution in [2.75, 3.05) is 26.3 Å². The summed E-state index contributed by atoms with van der Waals surface area (Å²) in [5.74, 6) is -0.790. The number of hydrogen-bond donors (Lipinski definition) is 4. The van der Waals surface area contributed by atoms with Gasteiger partial charge in [-0.15, -0.1) is 0 Å². The first-order valence-electron chi connectivity index (χ1n) is 6.43. The van der Waals surface area contributed by atoms with E-state index < -0.39 is 12.1 Å². The molecule has 0 heterocycles. The van der Waals surface area contributed by atoms with E-state index in [1.54, 1.807) is 0 Å². The molecule has 0 rings (SSSR count). The van der Waals surface area contributed by atoms with Crippen LogP contribution in [0.25, 0.3) is 0 Å². The van der Waals surface area contributed by atoms with E-state index >= 15 is 0 Å². The molecule has 0 saturated heterocycles. The van der Waals surface area contributed by atoms with E-state index in [1.807, 2.05) is 0 Å². The molecule has 0 aliphatic heterocycles. The second kappa shape index (κ2) is 10.6. The van der Waals surface area contributed by atoms with E-state index in [-0.39, 0.29) is 19.0 Å². The summed E-state index contributed by atoms with van der Waals surface area (Å²) in [5.41, 5.74) is 0. The van der Waals surface area contributed by atoms with E-state index in [4.69, 9.17) is 14.9 Å². The van der Waals surface area contributed by atoms with E-state index in [1.165, 1.54) is 0 Å². The number of urea groups is 1. The van der Waals surface area contributed by atoms with Crippen LogP contribution in [0.1, 0.15) is 26.7 Å². The van der Waals surface area contributed by atoms with Crippen LogP contribution in [-0.4, -0.2) is 54.6 Å². The Labute approximate surface area is 113 Å². The lowest BCUT2D eigenvalue weighted by atomic mass is 10.2. The van der Waals surface area contributed by atoms with Gasteiger partial charge in [0, 0.05) is 32.7 Å². The molecule has 7 heteroatoms. The monoisotopic (exact) mass is 276 g/mol. The number of ether oxygens (including phenoxy) is 1. The van der Waals surface area contributed by atoms with Crippen LogP contribution < -0.4 is 10.6 Å². The van der Waals surface area contributed by atoms with E-state index in [2.05, 4.69) is 24.5 Å². The van der Waals surface area contributed by atoms with Gasteiger partial charge in [0.2, 0.25) is 0 Å². The summed E-state index contributed by atoms with van der Waals surface area (Å²) in [6, 6.07) is -0.374. The van der Waals surface area contributed by atoms with Crippen molar-refractivity contribution in [2.24, 2.45) is 5.92 Å². The Bertz CT molecular complexity index is 271. The van der Waals surface area contributed by atoms with Crippen LogP contribution in [0.15, 0.2) is 0 Å². The van der Waals surface area contributed by atoms with Crippen LogP contribution in [0, 0.1) is 5.92 Å². The summed E-state index contributed by atoms with van der Waals surface area (Å²) in [6.45, 7) is 6.04. The van der Waals surface area contributed by atoms with Gasteiger partial charge in [0.05, 0.1) is 0 Å². The maximum absolute atomic E-state index is 11.2. The molecule has 112 valence electrons. The topological polar surface area (TPSA) is 108 Å². The highest BCUT2D eigenvalue weighted by molar-refractivity contribution is 5.74. The molecule has 7 nitrogen and oxygen atoms in total. The van der Waals surface area contributed by atoms with Crippen molar-refractivity contribution in [2.45, 2.75) is 32.8 Å². The van der Waals surface area contributed by atoms with Crippen LogP contribution in [0.2, 0.25) is 0 Å². The van der Waals surface area contributed by atoms with Gasteiger partial charge in [0.15, 0.2) is 6.10 Å². The Morgan fingerprint density at radius 3 is 2.42 bits per heavy atom. The van der Waals surface area contributed by atoms with Crippen LogP contribution in [0.4, 0.5) is 4.79 Å². The highest BCUT2D eigenvalue weighted by Crippen LogP contribution is 1.93. The zero-order valence-electron chi connectivity index (χ0n) is 11.5. The second-order valence-electron chi connectivity index (χ2n) is 4.65. The normalized spacial score (nSPS) is 12.2. The van der Waals surface area contributed by atoms with Gasteiger partial charge >= 0.3 is 12.0 Å². The number of carbonyl (C=O) groups is 2. The third kappa shape index (κ3) is 11.5. The van der Waals surface area contributed by atoms with Gasteiger partial charge in [-0.05, 0) is 12.3 Å². The molecule has 0 aromatic heterocycles. The van der Waals surface area contributed by atoms with Crippen LogP contribution in [0.5, 0.6) is 0 Å². The first-order chi connectivity index (χ1) is 8.93. The first kappa shape index (κ1) is 17.7. The van der Waals surface area contributed by atoms with Crippen molar-refractivity contribution in [1.29, 1.82) is 0 Å². The fourth-order valence-electron chi connectivity index (χ4n) is 1.20. The third-order valence-corrected chi connectivity index (χ3v) is 2.19. The average Bonchev–Trinajstić information content (AvgIpc) is 2.32. The standard InChI is InChI=1S/C12H24N2O5/c1-9(2)8-19-7-3-5-13-12(18)14-6-4-10(15)11(16)17/h9-10,15H,3-8H2,1-2H3,(H,16,17)(H2,13,14,18)/t10-/m0/s1. The Hall–Kier alpha value is -1.34. The van der Waals surface area contributed by atoms with E-state index in [9.17, 15) is 9.59 Å². The Kier molecular flexibility index (Phi) is 9.82. The van der Waals surface area contributed by atoms with Gasteiger partial charge in [0.1, 0.15) is 0 Å². The minimum atomic E-state index is -1.44. The molecule has 0 saturated carbocycles. The van der Waals surface area contributed by atoms with Crippen molar-refractivity contribution < 1.29 is 24.5 Å². The number of carbonyl (C=O) groups excluding carboxylic acids is 1. The largest absolute Gasteiger partial charge is 0.479 e. The number of aliphatic hydroxyl groups excluding tert-OH is 1. The molecule has 2 amide bonds. The molecule has 0 unspecified atom stereocenters. The maximum atomic E-state index is 11.2. The quantitative estimate of drug-likeness (QED) is 0.426. The molecule has 0 aliphatic carbocycles. The van der Waals surface area contributed by atoms with E-state index in [0.29, 0.717) is 25.7 Å². The molecule has 0 radical (unpaired) electrons. The SMILES string of the molecule is CC(C)COCCCNC(=O)NCC[C@H](O)C(=O)O. The summed E-state index contributed by atoms with van der Waals surface area (Å²) in [7, 11) is 0. The molecule has 0 bridgehead atoms. The lowest BCUT2D eigenvalue weighted by Gasteiger charge is -2.09. The number of carboxylic acids is 1. The van der Waals surface area contributed by atoms with Gasteiger partial charge in [-0.25, -0.2) is 9.59 Å². The van der Waals surface area contributed by atoms with Crippen LogP contribution >= 0.6 is 0 Å². The average molecular weight is 276 g/mol. The second-order valence-corrected chi connectivity index (χ2v) is 4.65. The molecular formula is C12H24N2O5. The molecular weight excluding hydrogens is 252 g/mol. The minimum absolute atomic E-state index is 0.0136. The van der Waals surface area contributed by atoms with Crippen molar-refractivity contribution in [1.82, 2.24) is 10.6 Å². The van der Waals surface area contributed by atoms with Gasteiger partial charge in [0.25, 0.3) is 0 Å². The molecule has 0 aromatic rings. The van der Waals surface area contributed by atoms with Crippen molar-refractivity contribution in [3.05, 3.63) is 0 Å². The Morgan fingerprint density at radius 1 is 1.21 bits per heavy atom. The minimum Gasteiger partial charge on any atom is -0.479 e. The molecule has 0 spiro atoms. The number of carboxylic acid groups (broad SMARTS) is 1. The summed E-state index contributed by atoms with van der Waals surface area (Å²) < 4.78 is 5.35. The summed E-state index contributed by atoms with van der Waals surface area (Å²) in [4.78, 5) is 21.5. The summed E-state index contributed by atoms with van der Waals surface area (Å²) in [5, 5.41) is 22.5. The number of rotatable bonds is 10. The van der Waals surface area contributed by atoms with Crippen LogP contribution in [0.3, 0.4) is 0 Å². The highest BCUT2D eigenvalue weighted by atomic mass is 16.5. The molecule has 1 atom stereocenters. The maximum Gasteiger partial charge on any atom is 0.332 e. The van der Waals surface area contributed by atoms with E-state index in [0.717, 1.165) is 6.42 Å².